The second-order valence-corrected chi connectivity index (χ2v) is 5.99. The van der Waals surface area contributed by atoms with Gasteiger partial charge in [-0.2, -0.15) is 5.10 Å². The summed E-state index contributed by atoms with van der Waals surface area (Å²) in [5, 5.41) is 8.70. The second-order valence-electron chi connectivity index (χ2n) is 5.64. The highest BCUT2D eigenvalue weighted by Gasteiger charge is 2.18. The van der Waals surface area contributed by atoms with Crippen molar-refractivity contribution >= 4 is 11.6 Å². The zero-order valence-electron chi connectivity index (χ0n) is 13.5. The van der Waals surface area contributed by atoms with Crippen LogP contribution in [0.2, 0.25) is 5.15 Å². The third kappa shape index (κ3) is 3.47. The Morgan fingerprint density at radius 2 is 1.95 bits per heavy atom. The van der Waals surface area contributed by atoms with E-state index in [2.05, 4.69) is 49.4 Å². The van der Waals surface area contributed by atoms with E-state index in [0.717, 1.165) is 29.4 Å². The van der Waals surface area contributed by atoms with E-state index in [9.17, 15) is 0 Å². The summed E-state index contributed by atoms with van der Waals surface area (Å²) in [4.78, 5) is 0. The molecule has 1 heterocycles. The van der Waals surface area contributed by atoms with Crippen LogP contribution in [-0.4, -0.2) is 16.3 Å². The molecule has 1 aromatic heterocycles. The van der Waals surface area contributed by atoms with Gasteiger partial charge in [-0.15, -0.1) is 0 Å². The van der Waals surface area contributed by atoms with Gasteiger partial charge in [0, 0.05) is 18.7 Å². The van der Waals surface area contributed by atoms with Crippen LogP contribution in [0.5, 0.6) is 0 Å². The highest BCUT2D eigenvalue weighted by molar-refractivity contribution is 6.30. The molecule has 1 atom stereocenters. The van der Waals surface area contributed by atoms with Crippen molar-refractivity contribution in [2.45, 2.75) is 40.2 Å². The SMILES string of the molecule is CCNC(Cc1c(C)nn(C)c1Cl)c1ccc(C)c(C)c1. The Kier molecular flexibility index (Phi) is 5.07. The molecule has 1 N–H and O–H groups in total. The topological polar surface area (TPSA) is 29.9 Å². The molecule has 2 aromatic rings. The molecule has 0 bridgehead atoms. The van der Waals surface area contributed by atoms with Gasteiger partial charge in [0.15, 0.2) is 0 Å². The van der Waals surface area contributed by atoms with Gasteiger partial charge < -0.3 is 5.32 Å². The standard InChI is InChI=1S/C17H24ClN3/c1-6-19-16(14-8-7-11(2)12(3)9-14)10-15-13(4)20-21(5)17(15)18/h7-9,16,19H,6,10H2,1-5H3. The van der Waals surface area contributed by atoms with Gasteiger partial charge in [-0.25, -0.2) is 0 Å². The van der Waals surface area contributed by atoms with E-state index in [4.69, 9.17) is 11.6 Å². The first-order valence-electron chi connectivity index (χ1n) is 7.42. The van der Waals surface area contributed by atoms with Gasteiger partial charge >= 0.3 is 0 Å². The van der Waals surface area contributed by atoms with E-state index in [1.165, 1.54) is 16.7 Å². The quantitative estimate of drug-likeness (QED) is 0.908. The maximum absolute atomic E-state index is 6.37. The molecule has 0 spiro atoms. The van der Waals surface area contributed by atoms with Crippen LogP contribution in [-0.2, 0) is 13.5 Å². The van der Waals surface area contributed by atoms with Crippen LogP contribution < -0.4 is 5.32 Å². The lowest BCUT2D eigenvalue weighted by molar-refractivity contribution is 0.548. The van der Waals surface area contributed by atoms with E-state index in [0.29, 0.717) is 0 Å². The molecule has 0 saturated heterocycles. The molecule has 0 saturated carbocycles. The summed E-state index contributed by atoms with van der Waals surface area (Å²) < 4.78 is 1.75. The summed E-state index contributed by atoms with van der Waals surface area (Å²) in [6.45, 7) is 9.37. The van der Waals surface area contributed by atoms with Crippen molar-refractivity contribution in [3.8, 4) is 0 Å². The number of hydrogen-bond donors (Lipinski definition) is 1. The largest absolute Gasteiger partial charge is 0.310 e. The van der Waals surface area contributed by atoms with Crippen molar-refractivity contribution in [3.63, 3.8) is 0 Å². The van der Waals surface area contributed by atoms with E-state index < -0.39 is 0 Å². The van der Waals surface area contributed by atoms with Gasteiger partial charge in [0.05, 0.1) is 5.69 Å². The minimum absolute atomic E-state index is 0.259. The maximum atomic E-state index is 6.37. The van der Waals surface area contributed by atoms with Crippen LogP contribution in [0.25, 0.3) is 0 Å². The molecular weight excluding hydrogens is 282 g/mol. The summed E-state index contributed by atoms with van der Waals surface area (Å²) in [5.41, 5.74) is 6.09. The van der Waals surface area contributed by atoms with Gasteiger partial charge in [0.1, 0.15) is 5.15 Å². The lowest BCUT2D eigenvalue weighted by Gasteiger charge is -2.19. The summed E-state index contributed by atoms with van der Waals surface area (Å²) in [5.74, 6) is 0. The molecule has 1 aromatic carbocycles. The number of rotatable bonds is 5. The first-order valence-corrected chi connectivity index (χ1v) is 7.80. The first-order chi connectivity index (χ1) is 9.93. The molecule has 0 radical (unpaired) electrons. The molecule has 2 rings (SSSR count). The Bertz CT molecular complexity index is 631. The average Bonchev–Trinajstić information content (AvgIpc) is 2.68. The molecule has 3 nitrogen and oxygen atoms in total. The van der Waals surface area contributed by atoms with E-state index in [1.807, 2.05) is 14.0 Å². The molecule has 0 aliphatic carbocycles. The van der Waals surface area contributed by atoms with Crippen molar-refractivity contribution in [1.82, 2.24) is 15.1 Å². The number of aryl methyl sites for hydroxylation is 4. The predicted molar refractivity (Wildman–Crippen MR) is 89.0 cm³/mol. The van der Waals surface area contributed by atoms with Crippen LogP contribution >= 0.6 is 11.6 Å². The molecule has 0 fully saturated rings. The molecule has 0 aliphatic heterocycles. The zero-order valence-corrected chi connectivity index (χ0v) is 14.3. The Hall–Kier alpha value is -1.32. The number of hydrogen-bond acceptors (Lipinski definition) is 2. The van der Waals surface area contributed by atoms with Crippen LogP contribution in [0.1, 0.15) is 40.9 Å². The zero-order chi connectivity index (χ0) is 15.6. The summed E-state index contributed by atoms with van der Waals surface area (Å²) in [6.07, 6.45) is 0.856. The van der Waals surface area contributed by atoms with E-state index in [1.54, 1.807) is 4.68 Å². The molecule has 0 amide bonds. The number of halogens is 1. The number of benzene rings is 1. The van der Waals surface area contributed by atoms with Crippen LogP contribution in [0.15, 0.2) is 18.2 Å². The van der Waals surface area contributed by atoms with Crippen LogP contribution in [0.4, 0.5) is 0 Å². The van der Waals surface area contributed by atoms with Gasteiger partial charge in [0.25, 0.3) is 0 Å². The summed E-state index contributed by atoms with van der Waals surface area (Å²) in [7, 11) is 1.89. The molecule has 114 valence electrons. The number of aromatic nitrogens is 2. The van der Waals surface area contributed by atoms with Crippen molar-refractivity contribution in [3.05, 3.63) is 51.3 Å². The van der Waals surface area contributed by atoms with Crippen molar-refractivity contribution in [2.24, 2.45) is 7.05 Å². The van der Waals surface area contributed by atoms with E-state index >= 15 is 0 Å². The fraction of sp³-hybridized carbons (Fsp3) is 0.471. The smallest absolute Gasteiger partial charge is 0.130 e. The Balaban J connectivity index is 2.32. The number of nitrogens with one attached hydrogen (secondary N) is 1. The number of likely N-dealkylation sites (N-methyl/N-ethyl adjacent to an activating group) is 1. The van der Waals surface area contributed by atoms with Gasteiger partial charge in [-0.3, -0.25) is 4.68 Å². The van der Waals surface area contributed by atoms with Gasteiger partial charge in [-0.1, -0.05) is 36.7 Å². The van der Waals surface area contributed by atoms with Crippen molar-refractivity contribution < 1.29 is 0 Å². The minimum Gasteiger partial charge on any atom is -0.310 e. The van der Waals surface area contributed by atoms with Crippen molar-refractivity contribution in [2.75, 3.05) is 6.54 Å². The van der Waals surface area contributed by atoms with Crippen molar-refractivity contribution in [1.29, 1.82) is 0 Å². The van der Waals surface area contributed by atoms with Gasteiger partial charge in [-0.05, 0) is 50.4 Å². The molecule has 4 heteroatoms. The highest BCUT2D eigenvalue weighted by atomic mass is 35.5. The lowest BCUT2D eigenvalue weighted by Crippen LogP contribution is -2.23. The predicted octanol–water partition coefficient (Wildman–Crippen LogP) is 3.89. The third-order valence-corrected chi connectivity index (χ3v) is 4.53. The summed E-state index contributed by atoms with van der Waals surface area (Å²) >= 11 is 6.37. The summed E-state index contributed by atoms with van der Waals surface area (Å²) in [6, 6.07) is 6.92. The Morgan fingerprint density at radius 1 is 1.24 bits per heavy atom. The molecular formula is C17H24ClN3. The average molecular weight is 306 g/mol. The fourth-order valence-electron chi connectivity index (χ4n) is 2.65. The molecule has 0 aliphatic rings. The van der Waals surface area contributed by atoms with Crippen LogP contribution in [0, 0.1) is 20.8 Å². The maximum Gasteiger partial charge on any atom is 0.130 e. The Labute approximate surface area is 132 Å². The molecule has 1 unspecified atom stereocenters. The van der Waals surface area contributed by atoms with E-state index in [-0.39, 0.29) is 6.04 Å². The normalized spacial score (nSPS) is 12.7. The second kappa shape index (κ2) is 6.63. The number of nitrogens with zero attached hydrogens (tertiary/aromatic N) is 2. The fourth-order valence-corrected chi connectivity index (χ4v) is 2.90. The minimum atomic E-state index is 0.259. The van der Waals surface area contributed by atoms with Gasteiger partial charge in [0.2, 0.25) is 0 Å². The first kappa shape index (κ1) is 16.1. The third-order valence-electron chi connectivity index (χ3n) is 4.06. The van der Waals surface area contributed by atoms with Crippen LogP contribution in [0.3, 0.4) is 0 Å². The molecule has 21 heavy (non-hydrogen) atoms. The Morgan fingerprint density at radius 3 is 2.48 bits per heavy atom. The highest BCUT2D eigenvalue weighted by Crippen LogP contribution is 2.26. The lowest BCUT2D eigenvalue weighted by atomic mass is 9.96. The monoisotopic (exact) mass is 305 g/mol.